The summed E-state index contributed by atoms with van der Waals surface area (Å²) in [6, 6.07) is -4.77. The zero-order valence-electron chi connectivity index (χ0n) is 45.6. The first kappa shape index (κ1) is 67.7. The third-order valence-corrected chi connectivity index (χ3v) is 12.7. The summed E-state index contributed by atoms with van der Waals surface area (Å²) in [6.45, 7) is 6.92. The van der Waals surface area contributed by atoms with Crippen molar-refractivity contribution in [2.75, 3.05) is 32.7 Å². The second-order valence-electron chi connectivity index (χ2n) is 20.0. The van der Waals surface area contributed by atoms with Gasteiger partial charge in [-0.15, -0.1) is 0 Å². The Hall–Kier alpha value is -6.36. The van der Waals surface area contributed by atoms with Gasteiger partial charge in [-0.05, 0) is 96.5 Å². The lowest BCUT2D eigenvalue weighted by Gasteiger charge is -2.28. The van der Waals surface area contributed by atoms with Gasteiger partial charge in [-0.2, -0.15) is 0 Å². The number of amides is 10. The Bertz CT molecular complexity index is 2100. The predicted octanol–water partition coefficient (Wildman–Crippen LogP) is -5.35. The van der Waals surface area contributed by atoms with Crippen molar-refractivity contribution in [3.05, 3.63) is 35.9 Å². The lowest BCUT2D eigenvalue weighted by molar-refractivity contribution is -0.136. The molecular weight excluding hydrogens is 1020 g/mol. The molecule has 1 aromatic rings. The molecule has 27 heteroatoms. The van der Waals surface area contributed by atoms with Crippen LogP contribution < -0.4 is 76.1 Å². The topological polar surface area (TPSA) is 456 Å². The van der Waals surface area contributed by atoms with E-state index in [-0.39, 0.29) is 77.0 Å². The predicted molar refractivity (Wildman–Crippen MR) is 287 cm³/mol. The van der Waals surface area contributed by atoms with Crippen molar-refractivity contribution >= 4 is 59.1 Å². The van der Waals surface area contributed by atoms with Gasteiger partial charge in [0.15, 0.2) is 0 Å². The third kappa shape index (κ3) is 24.1. The van der Waals surface area contributed by atoms with Crippen LogP contribution in [0.25, 0.3) is 0 Å². The first-order chi connectivity index (χ1) is 37.0. The number of hydrogen-bond acceptors (Lipinski definition) is 17. The monoisotopic (exact) mass is 1100 g/mol. The molecule has 0 spiro atoms. The molecule has 1 saturated heterocycles. The van der Waals surface area contributed by atoms with E-state index in [0.29, 0.717) is 18.4 Å². The minimum absolute atomic E-state index is 0.0539. The third-order valence-electron chi connectivity index (χ3n) is 12.7. The lowest BCUT2D eigenvalue weighted by atomic mass is 10.00. The summed E-state index contributed by atoms with van der Waals surface area (Å²) >= 11 is 0. The Morgan fingerprint density at radius 3 is 1.64 bits per heavy atom. The second kappa shape index (κ2) is 35.9. The van der Waals surface area contributed by atoms with Crippen molar-refractivity contribution in [2.24, 2.45) is 28.9 Å². The van der Waals surface area contributed by atoms with Gasteiger partial charge in [-0.1, -0.05) is 70.4 Å². The first-order valence-electron chi connectivity index (χ1n) is 26.9. The molecule has 0 aromatic heterocycles. The smallest absolute Gasteiger partial charge is 0.245 e. The SMILES string of the molecule is CCCCCC(O)CC(=O)N[C@H](C(=O)N[C@@H](CCN)C(=O)N[C@H]1CCNC(=O)[C@H](C(C)O)NC(=O)[C@H](CCN)NC(=O)[C@H](CCN)NC(=O)[C@H](CC(C)C)NC(=O)[C@@H](Cc2ccccc2)NC(=O)[C@H](CCN)NC1=O)C(C)O. The molecule has 2 rings (SSSR count). The standard InChI is InChI=1S/C51H88N14O13/c1-6-7-9-14-32(68)27-40(69)64-42(30(5)67)51(78)61-35(17-22-54)44(71)60-37-19-24-56-50(77)41(29(4)66)65-47(74)36(18-23-55)58-43(70)33(15-20-52)59-48(75)38(25-28(2)3)62-49(76)39(26-31-12-10-8-11-13-31)63-45(72)34(16-21-53)57-46(37)73/h8,10-13,28-30,32-39,41-42,66-68H,6-7,9,14-27,52-55H2,1-5H3,(H,56,77)(H,57,73)(H,58,70)(H,59,75)(H,60,71)(H,61,78)(H,62,76)(H,63,72)(H,64,69)(H,65,74)/t29?,30?,32?,33-,34-,35-,36-,37-,38-,39+,41-,42-/m0/s1. The van der Waals surface area contributed by atoms with Crippen molar-refractivity contribution < 1.29 is 63.3 Å². The molecule has 0 saturated carbocycles. The van der Waals surface area contributed by atoms with Crippen molar-refractivity contribution in [3.63, 3.8) is 0 Å². The highest BCUT2D eigenvalue weighted by Crippen LogP contribution is 2.12. The molecule has 0 bridgehead atoms. The Balaban J connectivity index is 2.70. The van der Waals surface area contributed by atoms with E-state index in [1.165, 1.54) is 13.8 Å². The Morgan fingerprint density at radius 2 is 1.13 bits per heavy atom. The molecule has 1 aromatic carbocycles. The molecule has 3 unspecified atom stereocenters. The molecule has 1 heterocycles. The van der Waals surface area contributed by atoms with Crippen LogP contribution in [0.15, 0.2) is 30.3 Å². The van der Waals surface area contributed by atoms with Crippen molar-refractivity contribution in [1.29, 1.82) is 0 Å². The molecule has 1 aliphatic rings. The number of nitrogens with two attached hydrogens (primary N) is 4. The quantitative estimate of drug-likeness (QED) is 0.0407. The van der Waals surface area contributed by atoms with E-state index in [2.05, 4.69) is 53.2 Å². The van der Waals surface area contributed by atoms with Gasteiger partial charge >= 0.3 is 0 Å². The number of unbranched alkanes of at least 4 members (excludes halogenated alkanes) is 2. The molecule has 1 fully saturated rings. The first-order valence-corrected chi connectivity index (χ1v) is 26.9. The highest BCUT2D eigenvalue weighted by Gasteiger charge is 2.37. The van der Waals surface area contributed by atoms with Crippen LogP contribution >= 0.6 is 0 Å². The molecule has 21 N–H and O–H groups in total. The summed E-state index contributed by atoms with van der Waals surface area (Å²) in [5, 5.41) is 57.0. The number of aliphatic hydroxyl groups excluding tert-OH is 3. The number of carbonyl (C=O) groups excluding carboxylic acids is 10. The number of nitrogens with one attached hydrogen (secondary N) is 10. The fourth-order valence-electron chi connectivity index (χ4n) is 8.36. The van der Waals surface area contributed by atoms with E-state index >= 15 is 0 Å². The van der Waals surface area contributed by atoms with E-state index in [0.717, 1.165) is 12.8 Å². The molecule has 78 heavy (non-hydrogen) atoms. The number of carbonyl (C=O) groups is 10. The molecule has 0 aliphatic carbocycles. The van der Waals surface area contributed by atoms with Gasteiger partial charge in [0.1, 0.15) is 54.4 Å². The molecule has 440 valence electrons. The van der Waals surface area contributed by atoms with Gasteiger partial charge in [-0.3, -0.25) is 47.9 Å². The minimum Gasteiger partial charge on any atom is -0.393 e. The van der Waals surface area contributed by atoms with Gasteiger partial charge in [0.25, 0.3) is 0 Å². The molecule has 1 aliphatic heterocycles. The number of hydrogen-bond donors (Lipinski definition) is 17. The Kier molecular flexibility index (Phi) is 31.2. The summed E-state index contributed by atoms with van der Waals surface area (Å²) in [5.41, 5.74) is 24.0. The normalized spacial score (nSPS) is 23.6. The van der Waals surface area contributed by atoms with E-state index < -0.39 is 145 Å². The van der Waals surface area contributed by atoms with Crippen molar-refractivity contribution in [1.82, 2.24) is 53.2 Å². The highest BCUT2D eigenvalue weighted by atomic mass is 16.3. The van der Waals surface area contributed by atoms with Crippen LogP contribution in [0.1, 0.15) is 111 Å². The summed E-state index contributed by atoms with van der Waals surface area (Å²) in [7, 11) is 0. The highest BCUT2D eigenvalue weighted by molar-refractivity contribution is 5.99. The molecular formula is C51H88N14O13. The maximum atomic E-state index is 14.4. The fraction of sp³-hybridized carbons (Fsp3) is 0.686. The van der Waals surface area contributed by atoms with Crippen molar-refractivity contribution in [2.45, 2.75) is 184 Å². The zero-order chi connectivity index (χ0) is 58.5. The largest absolute Gasteiger partial charge is 0.393 e. The van der Waals surface area contributed by atoms with Crippen molar-refractivity contribution in [3.8, 4) is 0 Å². The number of benzene rings is 1. The van der Waals surface area contributed by atoms with E-state index in [9.17, 15) is 63.3 Å². The Labute approximate surface area is 456 Å². The molecule has 12 atom stereocenters. The summed E-state index contributed by atoms with van der Waals surface area (Å²) < 4.78 is 0. The number of rotatable bonds is 25. The van der Waals surface area contributed by atoms with Crippen LogP contribution in [0, 0.1) is 5.92 Å². The maximum absolute atomic E-state index is 14.4. The maximum Gasteiger partial charge on any atom is 0.245 e. The lowest BCUT2D eigenvalue weighted by Crippen LogP contribution is -2.61. The molecule has 10 amide bonds. The molecule has 0 radical (unpaired) electrons. The van der Waals surface area contributed by atoms with Gasteiger partial charge < -0.3 is 91.4 Å². The van der Waals surface area contributed by atoms with E-state index in [1.54, 1.807) is 44.2 Å². The average Bonchev–Trinajstić information content (AvgIpc) is 3.38. The van der Waals surface area contributed by atoms with E-state index in [1.807, 2.05) is 6.92 Å². The van der Waals surface area contributed by atoms with Gasteiger partial charge in [0.05, 0.1) is 24.7 Å². The number of aliphatic hydroxyl groups is 3. The zero-order valence-corrected chi connectivity index (χ0v) is 45.6. The van der Waals surface area contributed by atoms with Crippen LogP contribution in [0.2, 0.25) is 0 Å². The van der Waals surface area contributed by atoms with Crippen LogP contribution in [0.3, 0.4) is 0 Å². The molecule has 27 nitrogen and oxygen atoms in total. The Morgan fingerprint density at radius 1 is 0.615 bits per heavy atom. The fourth-order valence-corrected chi connectivity index (χ4v) is 8.36. The van der Waals surface area contributed by atoms with Crippen LogP contribution in [-0.2, 0) is 54.4 Å². The summed E-state index contributed by atoms with van der Waals surface area (Å²) in [4.78, 5) is 139. The second-order valence-corrected chi connectivity index (χ2v) is 20.0. The average molecular weight is 1110 g/mol. The van der Waals surface area contributed by atoms with Crippen LogP contribution in [0.5, 0.6) is 0 Å². The summed E-state index contributed by atoms with van der Waals surface area (Å²) in [5.74, 6) is -9.27. The van der Waals surface area contributed by atoms with Gasteiger partial charge in [0.2, 0.25) is 59.1 Å². The summed E-state index contributed by atoms with van der Waals surface area (Å²) in [6.07, 6.45) is -2.94. The van der Waals surface area contributed by atoms with E-state index in [4.69, 9.17) is 22.9 Å². The minimum atomic E-state index is -1.67. The van der Waals surface area contributed by atoms with Gasteiger partial charge in [0, 0.05) is 13.0 Å². The van der Waals surface area contributed by atoms with Gasteiger partial charge in [-0.25, -0.2) is 0 Å². The van der Waals surface area contributed by atoms with Crippen LogP contribution in [-0.4, -0.2) is 180 Å². The van der Waals surface area contributed by atoms with Crippen LogP contribution in [0.4, 0.5) is 0 Å².